The van der Waals surface area contributed by atoms with Gasteiger partial charge in [-0.3, -0.25) is 4.79 Å². The van der Waals surface area contributed by atoms with Crippen LogP contribution in [0.2, 0.25) is 0 Å². The second kappa shape index (κ2) is 6.40. The van der Waals surface area contributed by atoms with Crippen LogP contribution in [-0.2, 0) is 0 Å². The van der Waals surface area contributed by atoms with Gasteiger partial charge in [-0.15, -0.1) is 12.4 Å². The summed E-state index contributed by atoms with van der Waals surface area (Å²) in [6, 6.07) is 6.69. The van der Waals surface area contributed by atoms with Gasteiger partial charge in [-0.25, -0.2) is 0 Å². The van der Waals surface area contributed by atoms with E-state index in [9.17, 15) is 4.79 Å². The van der Waals surface area contributed by atoms with Gasteiger partial charge >= 0.3 is 0 Å². The summed E-state index contributed by atoms with van der Waals surface area (Å²) >= 11 is 0. The lowest BCUT2D eigenvalue weighted by Crippen LogP contribution is -2.56. The topological polar surface area (TPSA) is 32.3 Å². The molecule has 1 aromatic carbocycles. The van der Waals surface area contributed by atoms with Crippen LogP contribution >= 0.6 is 12.4 Å². The summed E-state index contributed by atoms with van der Waals surface area (Å²) in [5.74, 6) is 0.155. The summed E-state index contributed by atoms with van der Waals surface area (Å²) in [5, 5.41) is 3.40. The molecule has 0 bridgehead atoms. The van der Waals surface area contributed by atoms with Gasteiger partial charge in [0.1, 0.15) is 0 Å². The summed E-state index contributed by atoms with van der Waals surface area (Å²) in [4.78, 5) is 14.5. The maximum atomic E-state index is 12.6. The molecule has 0 saturated carbocycles. The van der Waals surface area contributed by atoms with Crippen LogP contribution < -0.4 is 5.32 Å². The molecule has 1 aromatic rings. The predicted octanol–water partition coefficient (Wildman–Crippen LogP) is 2.55. The number of hydrogen-bond acceptors (Lipinski definition) is 2. The molecular weight excluding hydrogens is 260 g/mol. The van der Waals surface area contributed by atoms with Gasteiger partial charge in [0.25, 0.3) is 5.91 Å². The van der Waals surface area contributed by atoms with Crippen molar-refractivity contribution < 1.29 is 4.79 Å². The molecule has 2 rings (SSSR count). The van der Waals surface area contributed by atoms with E-state index < -0.39 is 0 Å². The molecule has 0 radical (unpaired) electrons. The number of aryl methyl sites for hydroxylation is 2. The highest BCUT2D eigenvalue weighted by Gasteiger charge is 2.27. The van der Waals surface area contributed by atoms with Crippen molar-refractivity contribution >= 4 is 18.3 Å². The van der Waals surface area contributed by atoms with Crippen molar-refractivity contribution in [3.8, 4) is 0 Å². The molecule has 0 aromatic heterocycles. The monoisotopic (exact) mass is 282 g/mol. The molecular formula is C15H23ClN2O. The number of halogens is 1. The highest BCUT2D eigenvalue weighted by molar-refractivity contribution is 5.95. The van der Waals surface area contributed by atoms with Gasteiger partial charge in [-0.05, 0) is 39.8 Å². The Bertz CT molecular complexity index is 441. The van der Waals surface area contributed by atoms with E-state index in [1.165, 1.54) is 0 Å². The number of piperazine rings is 1. The highest BCUT2D eigenvalue weighted by atomic mass is 35.5. The Balaban J connectivity index is 0.00000180. The number of carbonyl (C=O) groups is 1. The summed E-state index contributed by atoms with van der Waals surface area (Å²) < 4.78 is 0. The fourth-order valence-corrected chi connectivity index (χ4v) is 2.57. The molecule has 4 heteroatoms. The van der Waals surface area contributed by atoms with Crippen molar-refractivity contribution in [3.05, 3.63) is 34.9 Å². The third-order valence-corrected chi connectivity index (χ3v) is 3.49. The van der Waals surface area contributed by atoms with E-state index in [0.29, 0.717) is 6.04 Å². The molecule has 2 atom stereocenters. The number of benzene rings is 1. The standard InChI is InChI=1S/C15H22N2O.ClH/c1-10-5-11(2)7-14(6-10)15(18)17-9-12(3)16-8-13(17)4;/h5-7,12-13,16H,8-9H2,1-4H3;1H. The zero-order chi connectivity index (χ0) is 13.3. The predicted molar refractivity (Wildman–Crippen MR) is 81.1 cm³/mol. The first-order chi connectivity index (χ1) is 8.47. The summed E-state index contributed by atoms with van der Waals surface area (Å²) in [7, 11) is 0. The quantitative estimate of drug-likeness (QED) is 0.859. The third kappa shape index (κ3) is 3.71. The average Bonchev–Trinajstić information content (AvgIpc) is 2.30. The zero-order valence-electron chi connectivity index (χ0n) is 12.1. The first kappa shape index (κ1) is 16.0. The van der Waals surface area contributed by atoms with Gasteiger partial charge in [-0.2, -0.15) is 0 Å². The Labute approximate surface area is 121 Å². The van der Waals surface area contributed by atoms with Crippen LogP contribution in [-0.4, -0.2) is 36.0 Å². The van der Waals surface area contributed by atoms with E-state index in [4.69, 9.17) is 0 Å². The van der Waals surface area contributed by atoms with Gasteiger partial charge < -0.3 is 10.2 Å². The minimum atomic E-state index is 0. The Morgan fingerprint density at radius 3 is 2.37 bits per heavy atom. The molecule has 3 nitrogen and oxygen atoms in total. The van der Waals surface area contributed by atoms with Crippen LogP contribution in [0, 0.1) is 13.8 Å². The van der Waals surface area contributed by atoms with E-state index in [1.807, 2.05) is 30.9 Å². The van der Waals surface area contributed by atoms with Gasteiger partial charge in [0, 0.05) is 30.7 Å². The SMILES string of the molecule is Cc1cc(C)cc(C(=O)N2CC(C)NCC2C)c1.Cl. The van der Waals surface area contributed by atoms with E-state index in [0.717, 1.165) is 29.8 Å². The van der Waals surface area contributed by atoms with Gasteiger partial charge in [0.05, 0.1) is 0 Å². The van der Waals surface area contributed by atoms with Crippen molar-refractivity contribution in [2.45, 2.75) is 39.8 Å². The van der Waals surface area contributed by atoms with Crippen LogP contribution in [0.5, 0.6) is 0 Å². The maximum Gasteiger partial charge on any atom is 0.254 e. The first-order valence-corrected chi connectivity index (χ1v) is 6.60. The molecule has 0 aliphatic carbocycles. The number of nitrogens with one attached hydrogen (secondary N) is 1. The Kier molecular flexibility index (Phi) is 5.39. The second-order valence-electron chi connectivity index (χ2n) is 5.49. The lowest BCUT2D eigenvalue weighted by atomic mass is 10.0. The highest BCUT2D eigenvalue weighted by Crippen LogP contribution is 2.15. The Hall–Kier alpha value is -1.06. The van der Waals surface area contributed by atoms with Crippen molar-refractivity contribution in [3.63, 3.8) is 0 Å². The first-order valence-electron chi connectivity index (χ1n) is 6.60. The van der Waals surface area contributed by atoms with E-state index in [2.05, 4.69) is 25.2 Å². The van der Waals surface area contributed by atoms with Crippen molar-refractivity contribution in [1.82, 2.24) is 10.2 Å². The second-order valence-corrected chi connectivity index (χ2v) is 5.49. The molecule has 1 N–H and O–H groups in total. The Morgan fingerprint density at radius 1 is 1.21 bits per heavy atom. The van der Waals surface area contributed by atoms with Gasteiger partial charge in [0.2, 0.25) is 0 Å². The molecule has 1 aliphatic heterocycles. The lowest BCUT2D eigenvalue weighted by molar-refractivity contribution is 0.0616. The molecule has 1 amide bonds. The normalized spacial score (nSPS) is 22.8. The number of amides is 1. The van der Waals surface area contributed by atoms with Crippen LogP contribution in [0.3, 0.4) is 0 Å². The molecule has 2 unspecified atom stereocenters. The zero-order valence-corrected chi connectivity index (χ0v) is 12.9. The lowest BCUT2D eigenvalue weighted by Gasteiger charge is -2.37. The fourth-order valence-electron chi connectivity index (χ4n) is 2.57. The molecule has 1 heterocycles. The number of nitrogens with zero attached hydrogens (tertiary/aromatic N) is 1. The van der Waals surface area contributed by atoms with Gasteiger partial charge in [0.15, 0.2) is 0 Å². The number of carbonyl (C=O) groups excluding carboxylic acids is 1. The van der Waals surface area contributed by atoms with Crippen LogP contribution in [0.1, 0.15) is 35.3 Å². The van der Waals surface area contributed by atoms with Crippen molar-refractivity contribution in [1.29, 1.82) is 0 Å². The summed E-state index contributed by atoms with van der Waals surface area (Å²) in [5.41, 5.74) is 3.11. The largest absolute Gasteiger partial charge is 0.333 e. The molecule has 19 heavy (non-hydrogen) atoms. The molecule has 106 valence electrons. The molecule has 1 saturated heterocycles. The van der Waals surface area contributed by atoms with E-state index in [1.54, 1.807) is 0 Å². The van der Waals surface area contributed by atoms with E-state index in [-0.39, 0.29) is 24.4 Å². The number of rotatable bonds is 1. The summed E-state index contributed by atoms with van der Waals surface area (Å²) in [6.07, 6.45) is 0. The fraction of sp³-hybridized carbons (Fsp3) is 0.533. The third-order valence-electron chi connectivity index (χ3n) is 3.49. The smallest absolute Gasteiger partial charge is 0.254 e. The summed E-state index contributed by atoms with van der Waals surface area (Å²) in [6.45, 7) is 9.94. The Morgan fingerprint density at radius 2 is 1.79 bits per heavy atom. The minimum Gasteiger partial charge on any atom is -0.333 e. The van der Waals surface area contributed by atoms with Crippen LogP contribution in [0.25, 0.3) is 0 Å². The average molecular weight is 283 g/mol. The van der Waals surface area contributed by atoms with Gasteiger partial charge in [-0.1, -0.05) is 17.2 Å². The molecule has 1 fully saturated rings. The van der Waals surface area contributed by atoms with E-state index >= 15 is 0 Å². The van der Waals surface area contributed by atoms with Crippen LogP contribution in [0.4, 0.5) is 0 Å². The van der Waals surface area contributed by atoms with Crippen molar-refractivity contribution in [2.75, 3.05) is 13.1 Å². The minimum absolute atomic E-state index is 0. The van der Waals surface area contributed by atoms with Crippen LogP contribution in [0.15, 0.2) is 18.2 Å². The maximum absolute atomic E-state index is 12.6. The molecule has 0 spiro atoms. The number of hydrogen-bond donors (Lipinski definition) is 1. The molecule has 1 aliphatic rings. The van der Waals surface area contributed by atoms with Crippen molar-refractivity contribution in [2.24, 2.45) is 0 Å².